The predicted molar refractivity (Wildman–Crippen MR) is 86.4 cm³/mol. The van der Waals surface area contributed by atoms with E-state index in [1.165, 1.54) is 6.92 Å². The number of carbonyl (C=O) groups is 2. The number of piperidine rings is 1. The van der Waals surface area contributed by atoms with Gasteiger partial charge in [-0.05, 0) is 31.9 Å². The van der Waals surface area contributed by atoms with Gasteiger partial charge in [0.25, 0.3) is 0 Å². The average molecular weight is 303 g/mol. The monoisotopic (exact) mass is 303 g/mol. The summed E-state index contributed by atoms with van der Waals surface area (Å²) in [4.78, 5) is 23.7. The largest absolute Gasteiger partial charge is 0.352 e. The van der Waals surface area contributed by atoms with Gasteiger partial charge in [-0.1, -0.05) is 29.8 Å². The summed E-state index contributed by atoms with van der Waals surface area (Å²) >= 11 is 0. The first-order chi connectivity index (χ1) is 10.5. The van der Waals surface area contributed by atoms with Crippen LogP contribution < -0.4 is 16.0 Å². The number of benzene rings is 1. The Kier molecular flexibility index (Phi) is 5.95. The second kappa shape index (κ2) is 7.94. The molecule has 0 spiro atoms. The van der Waals surface area contributed by atoms with Crippen molar-refractivity contribution >= 4 is 11.8 Å². The van der Waals surface area contributed by atoms with E-state index in [0.717, 1.165) is 37.1 Å². The van der Waals surface area contributed by atoms with Crippen LogP contribution in [-0.2, 0) is 9.59 Å². The Hall–Kier alpha value is -1.88. The van der Waals surface area contributed by atoms with Crippen LogP contribution in [0.2, 0.25) is 0 Å². The van der Waals surface area contributed by atoms with Crippen LogP contribution in [-0.4, -0.2) is 30.9 Å². The van der Waals surface area contributed by atoms with E-state index in [2.05, 4.69) is 16.0 Å². The summed E-state index contributed by atoms with van der Waals surface area (Å²) in [7, 11) is 0. The Morgan fingerprint density at radius 3 is 2.64 bits per heavy atom. The van der Waals surface area contributed by atoms with Crippen molar-refractivity contribution in [2.24, 2.45) is 0 Å². The van der Waals surface area contributed by atoms with Crippen LogP contribution in [0.25, 0.3) is 0 Å². The topological polar surface area (TPSA) is 70.2 Å². The fourth-order valence-electron chi connectivity index (χ4n) is 2.74. The molecular formula is C17H25N3O2. The van der Waals surface area contributed by atoms with Crippen LogP contribution in [0.4, 0.5) is 0 Å². The van der Waals surface area contributed by atoms with Gasteiger partial charge in [0.1, 0.15) is 0 Å². The first-order valence-electron chi connectivity index (χ1n) is 7.88. The van der Waals surface area contributed by atoms with Gasteiger partial charge in [-0.2, -0.15) is 0 Å². The van der Waals surface area contributed by atoms with E-state index in [1.807, 2.05) is 31.2 Å². The first-order valence-corrected chi connectivity index (χ1v) is 7.88. The Morgan fingerprint density at radius 2 is 2.05 bits per heavy atom. The molecule has 1 aliphatic rings. The third kappa shape index (κ3) is 5.15. The zero-order valence-electron chi connectivity index (χ0n) is 13.3. The molecule has 2 atom stereocenters. The van der Waals surface area contributed by atoms with Crippen LogP contribution in [0.3, 0.4) is 0 Å². The number of aryl methyl sites for hydroxylation is 1. The average Bonchev–Trinajstić information content (AvgIpc) is 2.48. The molecule has 1 aromatic carbocycles. The van der Waals surface area contributed by atoms with Gasteiger partial charge in [-0.15, -0.1) is 0 Å². The number of nitrogens with one attached hydrogen (secondary N) is 3. The van der Waals surface area contributed by atoms with Crippen LogP contribution in [0, 0.1) is 6.92 Å². The van der Waals surface area contributed by atoms with Gasteiger partial charge in [0.15, 0.2) is 0 Å². The smallest absolute Gasteiger partial charge is 0.222 e. The molecule has 0 saturated carbocycles. The molecule has 1 saturated heterocycles. The van der Waals surface area contributed by atoms with E-state index in [1.54, 1.807) is 0 Å². The molecular weight excluding hydrogens is 278 g/mol. The van der Waals surface area contributed by atoms with Crippen molar-refractivity contribution in [1.29, 1.82) is 0 Å². The molecule has 5 nitrogen and oxygen atoms in total. The Balaban J connectivity index is 1.97. The van der Waals surface area contributed by atoms with Crippen LogP contribution >= 0.6 is 0 Å². The summed E-state index contributed by atoms with van der Waals surface area (Å²) in [5.74, 6) is -0.147. The Labute approximate surface area is 131 Å². The molecule has 22 heavy (non-hydrogen) atoms. The minimum absolute atomic E-state index is 0.0203. The standard InChI is InChI=1S/C17H25N3O2/c1-12-5-7-14(8-6-12)16(19-13(2)21)10-17(22)20-15-4-3-9-18-11-15/h5-8,15-16,18H,3-4,9-11H2,1-2H3,(H,19,21)(H,20,22)/t15-,16?/m0/s1. The molecule has 5 heteroatoms. The van der Waals surface area contributed by atoms with Crippen molar-refractivity contribution in [2.75, 3.05) is 13.1 Å². The third-order valence-corrected chi connectivity index (χ3v) is 3.91. The lowest BCUT2D eigenvalue weighted by molar-refractivity contribution is -0.123. The van der Waals surface area contributed by atoms with E-state index in [9.17, 15) is 9.59 Å². The summed E-state index contributed by atoms with van der Waals surface area (Å²) in [6.07, 6.45) is 2.35. The number of rotatable bonds is 5. The van der Waals surface area contributed by atoms with Gasteiger partial charge in [0.2, 0.25) is 11.8 Å². The van der Waals surface area contributed by atoms with E-state index in [0.29, 0.717) is 0 Å². The second-order valence-electron chi connectivity index (χ2n) is 5.98. The molecule has 0 radical (unpaired) electrons. The van der Waals surface area contributed by atoms with E-state index in [-0.39, 0.29) is 30.3 Å². The number of hydrogen-bond acceptors (Lipinski definition) is 3. The van der Waals surface area contributed by atoms with Crippen LogP contribution in [0.5, 0.6) is 0 Å². The molecule has 1 aromatic rings. The molecule has 0 aromatic heterocycles. The summed E-state index contributed by atoms with van der Waals surface area (Å²) < 4.78 is 0. The van der Waals surface area contributed by atoms with Crippen molar-refractivity contribution in [3.8, 4) is 0 Å². The fourth-order valence-corrected chi connectivity index (χ4v) is 2.74. The molecule has 3 N–H and O–H groups in total. The third-order valence-electron chi connectivity index (χ3n) is 3.91. The molecule has 0 aliphatic carbocycles. The summed E-state index contributed by atoms with van der Waals surface area (Å²) in [5.41, 5.74) is 2.11. The van der Waals surface area contributed by atoms with Gasteiger partial charge >= 0.3 is 0 Å². The molecule has 120 valence electrons. The van der Waals surface area contributed by atoms with Gasteiger partial charge in [0, 0.05) is 19.5 Å². The normalized spacial score (nSPS) is 19.3. The first kappa shape index (κ1) is 16.5. The maximum atomic E-state index is 12.3. The maximum Gasteiger partial charge on any atom is 0.222 e. The summed E-state index contributed by atoms with van der Waals surface area (Å²) in [6, 6.07) is 7.82. The minimum Gasteiger partial charge on any atom is -0.352 e. The molecule has 1 fully saturated rings. The summed E-state index contributed by atoms with van der Waals surface area (Å²) in [5, 5.41) is 9.20. The predicted octanol–water partition coefficient (Wildman–Crippen LogP) is 1.43. The maximum absolute atomic E-state index is 12.3. The summed E-state index contributed by atoms with van der Waals surface area (Å²) in [6.45, 7) is 5.33. The Morgan fingerprint density at radius 1 is 1.32 bits per heavy atom. The van der Waals surface area contributed by atoms with Gasteiger partial charge in [-0.25, -0.2) is 0 Å². The van der Waals surface area contributed by atoms with Crippen molar-refractivity contribution in [2.45, 2.75) is 45.2 Å². The highest BCUT2D eigenvalue weighted by Gasteiger charge is 2.20. The lowest BCUT2D eigenvalue weighted by atomic mass is 10.0. The number of carbonyl (C=O) groups excluding carboxylic acids is 2. The van der Waals surface area contributed by atoms with Crippen molar-refractivity contribution in [1.82, 2.24) is 16.0 Å². The highest BCUT2D eigenvalue weighted by atomic mass is 16.2. The molecule has 1 heterocycles. The SMILES string of the molecule is CC(=O)NC(CC(=O)N[C@H]1CCCNC1)c1ccc(C)cc1. The lowest BCUT2D eigenvalue weighted by Crippen LogP contribution is -2.46. The minimum atomic E-state index is -0.283. The van der Waals surface area contributed by atoms with E-state index in [4.69, 9.17) is 0 Å². The zero-order valence-corrected chi connectivity index (χ0v) is 13.3. The van der Waals surface area contributed by atoms with Crippen molar-refractivity contribution in [3.63, 3.8) is 0 Å². The van der Waals surface area contributed by atoms with Crippen LogP contribution in [0.15, 0.2) is 24.3 Å². The van der Waals surface area contributed by atoms with Gasteiger partial charge in [0.05, 0.1) is 12.5 Å². The number of amides is 2. The molecule has 0 bridgehead atoms. The molecule has 2 rings (SSSR count). The van der Waals surface area contributed by atoms with E-state index < -0.39 is 0 Å². The highest BCUT2D eigenvalue weighted by Crippen LogP contribution is 2.18. The lowest BCUT2D eigenvalue weighted by Gasteiger charge is -2.25. The highest BCUT2D eigenvalue weighted by molar-refractivity contribution is 5.79. The fraction of sp³-hybridized carbons (Fsp3) is 0.529. The zero-order chi connectivity index (χ0) is 15.9. The van der Waals surface area contributed by atoms with Crippen molar-refractivity contribution in [3.05, 3.63) is 35.4 Å². The molecule has 2 amide bonds. The quantitative estimate of drug-likeness (QED) is 0.771. The molecule has 1 unspecified atom stereocenters. The van der Waals surface area contributed by atoms with Crippen molar-refractivity contribution < 1.29 is 9.59 Å². The van der Waals surface area contributed by atoms with E-state index >= 15 is 0 Å². The number of hydrogen-bond donors (Lipinski definition) is 3. The molecule has 1 aliphatic heterocycles. The van der Waals surface area contributed by atoms with Crippen LogP contribution in [0.1, 0.15) is 43.4 Å². The second-order valence-corrected chi connectivity index (χ2v) is 5.98. The Bertz CT molecular complexity index is 507. The van der Waals surface area contributed by atoms with Gasteiger partial charge < -0.3 is 16.0 Å². The van der Waals surface area contributed by atoms with Gasteiger partial charge in [-0.3, -0.25) is 9.59 Å².